The van der Waals surface area contributed by atoms with Crippen LogP contribution < -0.4 is 4.74 Å². The lowest BCUT2D eigenvalue weighted by molar-refractivity contribution is -0.133. The molecule has 0 saturated heterocycles. The fourth-order valence-electron chi connectivity index (χ4n) is 3.21. The van der Waals surface area contributed by atoms with Gasteiger partial charge in [0, 0.05) is 44.4 Å². The van der Waals surface area contributed by atoms with Gasteiger partial charge in [-0.3, -0.25) is 4.79 Å². The minimum atomic E-state index is -0.283. The Bertz CT molecular complexity index is 927. The van der Waals surface area contributed by atoms with Crippen molar-refractivity contribution in [1.82, 2.24) is 24.4 Å². The van der Waals surface area contributed by atoms with Gasteiger partial charge in [0.15, 0.2) is 0 Å². The molecule has 3 rings (SSSR count). The Morgan fingerprint density at radius 1 is 1.33 bits per heavy atom. The van der Waals surface area contributed by atoms with Crippen molar-refractivity contribution >= 4 is 16.9 Å². The molecule has 7 heteroatoms. The highest BCUT2D eigenvalue weighted by atomic mass is 16.5. The second-order valence-electron chi connectivity index (χ2n) is 7.10. The maximum Gasteiger partial charge on any atom is 0.245 e. The molecule has 0 saturated carbocycles. The number of nitrogens with one attached hydrogen (secondary N) is 1. The highest BCUT2D eigenvalue weighted by Crippen LogP contribution is 2.20. The number of methoxy groups -OCH3 is 1. The Balaban J connectivity index is 1.65. The average molecular weight is 369 g/mol. The third kappa shape index (κ3) is 3.97. The largest absolute Gasteiger partial charge is 0.497 e. The number of benzene rings is 1. The van der Waals surface area contributed by atoms with Crippen molar-refractivity contribution in [3.05, 3.63) is 42.2 Å². The number of hydrogen-bond donors (Lipinski definition) is 1. The molecule has 7 nitrogen and oxygen atoms in total. The molecule has 144 valence electrons. The summed E-state index contributed by atoms with van der Waals surface area (Å²) in [5, 5.41) is 0. The predicted octanol–water partition coefficient (Wildman–Crippen LogP) is 3.15. The van der Waals surface area contributed by atoms with E-state index >= 15 is 0 Å². The molecule has 0 aliphatic heterocycles. The molecule has 1 amide bonds. The number of amides is 1. The molecule has 2 aromatic heterocycles. The summed E-state index contributed by atoms with van der Waals surface area (Å²) in [7, 11) is 3.47. The van der Waals surface area contributed by atoms with Gasteiger partial charge in [-0.05, 0) is 19.1 Å². The summed E-state index contributed by atoms with van der Waals surface area (Å²) in [5.41, 5.74) is 1.83. The van der Waals surface area contributed by atoms with Crippen LogP contribution in [-0.2, 0) is 11.2 Å². The van der Waals surface area contributed by atoms with E-state index in [4.69, 9.17) is 4.74 Å². The second-order valence-corrected chi connectivity index (χ2v) is 7.10. The zero-order valence-corrected chi connectivity index (χ0v) is 16.6. The van der Waals surface area contributed by atoms with E-state index in [1.807, 2.05) is 42.9 Å². The molecule has 1 N–H and O–H groups in total. The van der Waals surface area contributed by atoms with Crippen LogP contribution in [0.2, 0.25) is 0 Å². The van der Waals surface area contributed by atoms with Gasteiger partial charge in [0.25, 0.3) is 0 Å². The van der Waals surface area contributed by atoms with Crippen molar-refractivity contribution in [3.8, 4) is 5.75 Å². The first-order valence-corrected chi connectivity index (χ1v) is 9.21. The van der Waals surface area contributed by atoms with Crippen LogP contribution in [0.25, 0.3) is 11.0 Å². The Hall–Kier alpha value is -2.83. The van der Waals surface area contributed by atoms with Gasteiger partial charge >= 0.3 is 0 Å². The summed E-state index contributed by atoms with van der Waals surface area (Å²) in [6, 6.07) is 5.46. The van der Waals surface area contributed by atoms with Crippen LogP contribution >= 0.6 is 0 Å². The number of H-pyrrole nitrogens is 1. The van der Waals surface area contributed by atoms with Gasteiger partial charge in [0.1, 0.15) is 23.4 Å². The zero-order chi connectivity index (χ0) is 19.6. The van der Waals surface area contributed by atoms with E-state index in [2.05, 4.69) is 28.8 Å². The SMILES string of the molecule is COc1ccc2nc(CCN(C)C(=O)[C@H](C)n3ccnc3C(C)C)[nH]c2c1. The second kappa shape index (κ2) is 7.82. The van der Waals surface area contributed by atoms with E-state index in [0.717, 1.165) is 28.4 Å². The summed E-state index contributed by atoms with van der Waals surface area (Å²) in [4.78, 5) is 26.8. The number of hydrogen-bond acceptors (Lipinski definition) is 4. The molecule has 0 bridgehead atoms. The Morgan fingerprint density at radius 2 is 2.11 bits per heavy atom. The van der Waals surface area contributed by atoms with E-state index in [0.29, 0.717) is 13.0 Å². The lowest BCUT2D eigenvalue weighted by atomic mass is 10.2. The monoisotopic (exact) mass is 369 g/mol. The molecule has 0 aliphatic carbocycles. The third-order valence-corrected chi connectivity index (χ3v) is 4.79. The minimum Gasteiger partial charge on any atom is -0.497 e. The maximum atomic E-state index is 12.8. The zero-order valence-electron chi connectivity index (χ0n) is 16.6. The predicted molar refractivity (Wildman–Crippen MR) is 105 cm³/mol. The molecule has 0 fully saturated rings. The van der Waals surface area contributed by atoms with Crippen molar-refractivity contribution in [2.75, 3.05) is 20.7 Å². The van der Waals surface area contributed by atoms with Crippen molar-refractivity contribution in [2.45, 2.75) is 39.2 Å². The molecular weight excluding hydrogens is 342 g/mol. The lowest BCUT2D eigenvalue weighted by Crippen LogP contribution is -2.35. The number of nitrogens with zero attached hydrogens (tertiary/aromatic N) is 4. The van der Waals surface area contributed by atoms with E-state index in [9.17, 15) is 4.79 Å². The average Bonchev–Trinajstić information content (AvgIpc) is 3.30. The first-order chi connectivity index (χ1) is 12.9. The number of rotatable bonds is 7. The van der Waals surface area contributed by atoms with Crippen LogP contribution in [0.15, 0.2) is 30.6 Å². The number of likely N-dealkylation sites (N-methyl/N-ethyl adjacent to an activating group) is 1. The Morgan fingerprint density at radius 3 is 2.81 bits per heavy atom. The van der Waals surface area contributed by atoms with Gasteiger partial charge in [-0.25, -0.2) is 9.97 Å². The van der Waals surface area contributed by atoms with Gasteiger partial charge in [0.05, 0.1) is 18.1 Å². The number of carbonyl (C=O) groups is 1. The summed E-state index contributed by atoms with van der Waals surface area (Å²) in [6.45, 7) is 6.67. The molecule has 1 atom stereocenters. The summed E-state index contributed by atoms with van der Waals surface area (Å²) in [5.74, 6) is 2.91. The summed E-state index contributed by atoms with van der Waals surface area (Å²) in [6.07, 6.45) is 4.28. The van der Waals surface area contributed by atoms with Crippen LogP contribution in [-0.4, -0.2) is 51.0 Å². The van der Waals surface area contributed by atoms with E-state index < -0.39 is 0 Å². The fourth-order valence-corrected chi connectivity index (χ4v) is 3.21. The van der Waals surface area contributed by atoms with Crippen molar-refractivity contribution in [1.29, 1.82) is 0 Å². The first-order valence-electron chi connectivity index (χ1n) is 9.21. The Labute approximate surface area is 159 Å². The van der Waals surface area contributed by atoms with Crippen LogP contribution in [0.1, 0.15) is 44.4 Å². The number of carbonyl (C=O) groups excluding carboxylic acids is 1. The molecule has 27 heavy (non-hydrogen) atoms. The van der Waals surface area contributed by atoms with Gasteiger partial charge in [-0.2, -0.15) is 0 Å². The van der Waals surface area contributed by atoms with Gasteiger partial charge in [0.2, 0.25) is 5.91 Å². The lowest BCUT2D eigenvalue weighted by Gasteiger charge is -2.23. The van der Waals surface area contributed by atoms with E-state index in [1.165, 1.54) is 0 Å². The molecule has 0 unspecified atom stereocenters. The molecule has 0 radical (unpaired) electrons. The first kappa shape index (κ1) is 18.9. The normalized spacial score (nSPS) is 12.5. The number of ether oxygens (including phenoxy) is 1. The molecular formula is C20H27N5O2. The molecule has 0 spiro atoms. The minimum absolute atomic E-state index is 0.0627. The highest BCUT2D eigenvalue weighted by Gasteiger charge is 2.22. The number of aromatic nitrogens is 4. The molecule has 2 heterocycles. The quantitative estimate of drug-likeness (QED) is 0.694. The molecule has 0 aliphatic rings. The number of fused-ring (bicyclic) bond motifs is 1. The standard InChI is InChI=1S/C20H27N5O2/c1-13(2)19-21-9-11-25(19)14(3)20(26)24(4)10-8-18-22-16-7-6-15(27-5)12-17(16)23-18/h6-7,9,11-14H,8,10H2,1-5H3,(H,22,23)/t14-/m0/s1. The van der Waals surface area contributed by atoms with Crippen LogP contribution in [0.3, 0.4) is 0 Å². The van der Waals surface area contributed by atoms with E-state index in [-0.39, 0.29) is 17.9 Å². The topological polar surface area (TPSA) is 76.0 Å². The van der Waals surface area contributed by atoms with Gasteiger partial charge in [-0.15, -0.1) is 0 Å². The van der Waals surface area contributed by atoms with Crippen LogP contribution in [0.5, 0.6) is 5.75 Å². The summed E-state index contributed by atoms with van der Waals surface area (Å²) < 4.78 is 7.20. The highest BCUT2D eigenvalue weighted by molar-refractivity contribution is 5.80. The van der Waals surface area contributed by atoms with Gasteiger partial charge < -0.3 is 19.2 Å². The number of aromatic amines is 1. The van der Waals surface area contributed by atoms with Crippen LogP contribution in [0.4, 0.5) is 0 Å². The summed E-state index contributed by atoms with van der Waals surface area (Å²) >= 11 is 0. The number of imidazole rings is 2. The van der Waals surface area contributed by atoms with Crippen molar-refractivity contribution in [2.24, 2.45) is 0 Å². The molecule has 1 aromatic carbocycles. The Kier molecular flexibility index (Phi) is 5.48. The van der Waals surface area contributed by atoms with Crippen LogP contribution in [0, 0.1) is 0 Å². The molecule has 3 aromatic rings. The van der Waals surface area contributed by atoms with Gasteiger partial charge in [-0.1, -0.05) is 13.8 Å². The smallest absolute Gasteiger partial charge is 0.245 e. The maximum absolute atomic E-state index is 12.8. The van der Waals surface area contributed by atoms with Crippen molar-refractivity contribution in [3.63, 3.8) is 0 Å². The fraction of sp³-hybridized carbons (Fsp3) is 0.450. The van der Waals surface area contributed by atoms with E-state index in [1.54, 1.807) is 18.2 Å². The van der Waals surface area contributed by atoms with Crippen molar-refractivity contribution < 1.29 is 9.53 Å². The third-order valence-electron chi connectivity index (χ3n) is 4.79.